The number of nitro benzene ring substituents is 1. The summed E-state index contributed by atoms with van der Waals surface area (Å²) >= 11 is 0. The maximum Gasteiger partial charge on any atom is 0.282 e. The molecule has 0 aliphatic carbocycles. The Morgan fingerprint density at radius 2 is 2.29 bits per heavy atom. The van der Waals surface area contributed by atoms with Crippen molar-refractivity contribution in [3.05, 3.63) is 44.3 Å². The maximum atomic E-state index is 11.9. The number of hydrogen-bond donors (Lipinski definition) is 1. The van der Waals surface area contributed by atoms with Gasteiger partial charge in [-0.25, -0.2) is 5.43 Å². The molecular formula is C11H12N6O4. The Morgan fingerprint density at radius 3 is 2.86 bits per heavy atom. The Kier molecular flexibility index (Phi) is 5.66. The fourth-order valence-corrected chi connectivity index (χ4v) is 1.41. The second kappa shape index (κ2) is 7.46. The third kappa shape index (κ3) is 4.48. The molecule has 1 amide bonds. The fourth-order valence-electron chi connectivity index (χ4n) is 1.41. The lowest BCUT2D eigenvalue weighted by Crippen LogP contribution is -2.20. The van der Waals surface area contributed by atoms with Gasteiger partial charge in [-0.15, -0.1) is 5.10 Å². The van der Waals surface area contributed by atoms with E-state index >= 15 is 0 Å². The SMILES string of the molecule is CCO/C(C)=N\NC(=O)c1cc(N=[N+]=[N-])ccc1[N+](=O)[O-]. The molecule has 0 bridgehead atoms. The van der Waals surface area contributed by atoms with E-state index < -0.39 is 16.5 Å². The topological polar surface area (TPSA) is 143 Å². The van der Waals surface area contributed by atoms with Gasteiger partial charge in [0.1, 0.15) is 5.56 Å². The molecule has 0 aliphatic heterocycles. The number of hydrazone groups is 1. The molecule has 10 heteroatoms. The van der Waals surface area contributed by atoms with Gasteiger partial charge >= 0.3 is 0 Å². The van der Waals surface area contributed by atoms with Gasteiger partial charge in [-0.2, -0.15) is 0 Å². The Labute approximate surface area is 119 Å². The number of rotatable bonds is 5. The van der Waals surface area contributed by atoms with Gasteiger partial charge in [-0.1, -0.05) is 5.11 Å². The maximum absolute atomic E-state index is 11.9. The van der Waals surface area contributed by atoms with Crippen LogP contribution in [0.4, 0.5) is 11.4 Å². The van der Waals surface area contributed by atoms with Crippen LogP contribution in [-0.4, -0.2) is 23.3 Å². The van der Waals surface area contributed by atoms with Crippen LogP contribution in [0.15, 0.2) is 28.4 Å². The van der Waals surface area contributed by atoms with Crippen molar-refractivity contribution in [3.63, 3.8) is 0 Å². The van der Waals surface area contributed by atoms with E-state index in [0.29, 0.717) is 6.61 Å². The van der Waals surface area contributed by atoms with Crippen LogP contribution in [0, 0.1) is 10.1 Å². The van der Waals surface area contributed by atoms with Crippen LogP contribution < -0.4 is 5.43 Å². The Balaban J connectivity index is 3.10. The van der Waals surface area contributed by atoms with Gasteiger partial charge in [-0.3, -0.25) is 14.9 Å². The van der Waals surface area contributed by atoms with E-state index in [1.165, 1.54) is 13.0 Å². The summed E-state index contributed by atoms with van der Waals surface area (Å²) in [6.07, 6.45) is 0. The van der Waals surface area contributed by atoms with Crippen LogP contribution in [0.1, 0.15) is 24.2 Å². The van der Waals surface area contributed by atoms with Crippen molar-refractivity contribution >= 4 is 23.2 Å². The van der Waals surface area contributed by atoms with E-state index in [1.54, 1.807) is 6.92 Å². The lowest BCUT2D eigenvalue weighted by Gasteiger charge is -2.04. The van der Waals surface area contributed by atoms with E-state index in [4.69, 9.17) is 10.3 Å². The molecule has 0 saturated heterocycles. The average Bonchev–Trinajstić information content (AvgIpc) is 2.45. The van der Waals surface area contributed by atoms with Crippen molar-refractivity contribution in [2.24, 2.45) is 10.2 Å². The van der Waals surface area contributed by atoms with Crippen molar-refractivity contribution < 1.29 is 14.5 Å². The van der Waals surface area contributed by atoms with E-state index in [1.807, 2.05) is 0 Å². The standard InChI is InChI=1S/C11H12N6O4/c1-3-21-7(2)13-15-11(18)9-6-8(14-16-12)4-5-10(9)17(19)20/h4-6H,3H2,1-2H3,(H,15,18)/b13-7-. The van der Waals surface area contributed by atoms with Gasteiger partial charge in [0.2, 0.25) is 5.90 Å². The monoisotopic (exact) mass is 292 g/mol. The first-order valence-electron chi connectivity index (χ1n) is 5.80. The van der Waals surface area contributed by atoms with Crippen LogP contribution >= 0.6 is 0 Å². The third-order valence-corrected chi connectivity index (χ3v) is 2.25. The minimum atomic E-state index is -0.809. The summed E-state index contributed by atoms with van der Waals surface area (Å²) in [6.45, 7) is 3.64. The van der Waals surface area contributed by atoms with Crippen LogP contribution in [0.3, 0.4) is 0 Å². The number of benzene rings is 1. The van der Waals surface area contributed by atoms with E-state index in [-0.39, 0.29) is 17.1 Å². The molecule has 10 nitrogen and oxygen atoms in total. The highest BCUT2D eigenvalue weighted by Gasteiger charge is 2.20. The summed E-state index contributed by atoms with van der Waals surface area (Å²) in [7, 11) is 0. The lowest BCUT2D eigenvalue weighted by atomic mass is 10.1. The van der Waals surface area contributed by atoms with Gasteiger partial charge in [0.15, 0.2) is 0 Å². The Bertz CT molecular complexity index is 636. The number of amides is 1. The Morgan fingerprint density at radius 1 is 1.57 bits per heavy atom. The normalized spacial score (nSPS) is 10.5. The number of azide groups is 1. The molecule has 0 unspecified atom stereocenters. The molecule has 1 rings (SSSR count). The van der Waals surface area contributed by atoms with Crippen molar-refractivity contribution in [3.8, 4) is 0 Å². The van der Waals surface area contributed by atoms with Crippen LogP contribution in [0.5, 0.6) is 0 Å². The van der Waals surface area contributed by atoms with Gasteiger partial charge in [0, 0.05) is 23.6 Å². The second-order valence-corrected chi connectivity index (χ2v) is 3.65. The quantitative estimate of drug-likeness (QED) is 0.169. The molecule has 0 heterocycles. The number of nitro groups is 1. The number of carbonyl (C=O) groups is 1. The molecule has 21 heavy (non-hydrogen) atoms. The highest BCUT2D eigenvalue weighted by molar-refractivity contribution is 5.99. The van der Waals surface area contributed by atoms with E-state index in [0.717, 1.165) is 12.1 Å². The van der Waals surface area contributed by atoms with Crippen LogP contribution in [-0.2, 0) is 4.74 Å². The number of nitrogens with zero attached hydrogens (tertiary/aromatic N) is 5. The van der Waals surface area contributed by atoms with Crippen molar-refractivity contribution in [2.75, 3.05) is 6.61 Å². The fraction of sp³-hybridized carbons (Fsp3) is 0.273. The van der Waals surface area contributed by atoms with E-state index in [2.05, 4.69) is 20.6 Å². The smallest absolute Gasteiger partial charge is 0.282 e. The van der Waals surface area contributed by atoms with Crippen LogP contribution in [0.25, 0.3) is 10.4 Å². The average molecular weight is 292 g/mol. The van der Waals surface area contributed by atoms with Gasteiger partial charge in [0.05, 0.1) is 11.5 Å². The first-order valence-corrected chi connectivity index (χ1v) is 5.80. The molecule has 0 spiro atoms. The van der Waals surface area contributed by atoms with Crippen molar-refractivity contribution in [2.45, 2.75) is 13.8 Å². The molecule has 0 aliphatic rings. The summed E-state index contributed by atoms with van der Waals surface area (Å²) in [5.74, 6) is -0.601. The molecule has 1 N–H and O–H groups in total. The summed E-state index contributed by atoms with van der Waals surface area (Å²) < 4.78 is 5.00. The van der Waals surface area contributed by atoms with E-state index in [9.17, 15) is 14.9 Å². The van der Waals surface area contributed by atoms with Gasteiger partial charge < -0.3 is 4.74 Å². The van der Waals surface area contributed by atoms with Gasteiger partial charge in [0.25, 0.3) is 11.6 Å². The zero-order chi connectivity index (χ0) is 15.8. The predicted molar refractivity (Wildman–Crippen MR) is 74.1 cm³/mol. The summed E-state index contributed by atoms with van der Waals surface area (Å²) in [4.78, 5) is 24.7. The minimum absolute atomic E-state index is 0.0822. The third-order valence-electron chi connectivity index (χ3n) is 2.25. The molecule has 110 valence electrons. The molecular weight excluding hydrogens is 280 g/mol. The molecule has 0 atom stereocenters. The van der Waals surface area contributed by atoms with Crippen molar-refractivity contribution in [1.82, 2.24) is 5.43 Å². The number of nitrogens with one attached hydrogen (secondary N) is 1. The number of hydrogen-bond acceptors (Lipinski definition) is 6. The minimum Gasteiger partial charge on any atom is -0.480 e. The molecule has 1 aromatic rings. The first kappa shape index (κ1) is 15.9. The lowest BCUT2D eigenvalue weighted by molar-refractivity contribution is -0.385. The summed E-state index contributed by atoms with van der Waals surface area (Å²) in [6, 6.07) is 3.43. The molecule has 0 radical (unpaired) electrons. The summed E-state index contributed by atoms with van der Waals surface area (Å²) in [5.41, 5.74) is 9.88. The molecule has 0 saturated carbocycles. The van der Waals surface area contributed by atoms with Gasteiger partial charge in [-0.05, 0) is 24.6 Å². The number of ether oxygens (including phenoxy) is 1. The first-order chi connectivity index (χ1) is 9.99. The Hall–Kier alpha value is -3.13. The molecule has 0 aromatic heterocycles. The zero-order valence-electron chi connectivity index (χ0n) is 11.3. The second-order valence-electron chi connectivity index (χ2n) is 3.65. The summed E-state index contributed by atoms with van der Waals surface area (Å²) in [5, 5.41) is 17.8. The largest absolute Gasteiger partial charge is 0.480 e. The van der Waals surface area contributed by atoms with Crippen LogP contribution in [0.2, 0.25) is 0 Å². The molecule has 1 aromatic carbocycles. The highest BCUT2D eigenvalue weighted by atomic mass is 16.6. The van der Waals surface area contributed by atoms with Crippen molar-refractivity contribution in [1.29, 1.82) is 0 Å². The highest BCUT2D eigenvalue weighted by Crippen LogP contribution is 2.24. The predicted octanol–water partition coefficient (Wildman–Crippen LogP) is 2.64. The zero-order valence-corrected chi connectivity index (χ0v) is 11.3. The number of carbonyl (C=O) groups excluding carboxylic acids is 1. The molecule has 0 fully saturated rings.